The van der Waals surface area contributed by atoms with Crippen LogP contribution in [0.1, 0.15) is 0 Å². The van der Waals surface area contributed by atoms with Gasteiger partial charge in [0.05, 0.1) is 23.1 Å². The summed E-state index contributed by atoms with van der Waals surface area (Å²) in [6.07, 6.45) is 6.75. The van der Waals surface area contributed by atoms with Crippen LogP contribution in [0.25, 0.3) is 33.4 Å². The molecule has 0 spiro atoms. The van der Waals surface area contributed by atoms with E-state index in [2.05, 4.69) is 31.7 Å². The molecule has 8 heteroatoms. The summed E-state index contributed by atoms with van der Waals surface area (Å²) in [6, 6.07) is 20.0. The van der Waals surface area contributed by atoms with Crippen molar-refractivity contribution in [1.29, 1.82) is 0 Å². The highest BCUT2D eigenvalue weighted by molar-refractivity contribution is 5.88. The van der Waals surface area contributed by atoms with Crippen LogP contribution in [0, 0.1) is 0 Å². The van der Waals surface area contributed by atoms with Gasteiger partial charge >= 0.3 is 0 Å². The summed E-state index contributed by atoms with van der Waals surface area (Å²) in [4.78, 5) is 22.3. The summed E-state index contributed by atoms with van der Waals surface area (Å²) in [7, 11) is 0. The second kappa shape index (κ2) is 9.27. The summed E-state index contributed by atoms with van der Waals surface area (Å²) >= 11 is 0. The Hall–Kier alpha value is -4.59. The van der Waals surface area contributed by atoms with Gasteiger partial charge in [-0.15, -0.1) is 0 Å². The van der Waals surface area contributed by atoms with E-state index in [9.17, 15) is 0 Å². The van der Waals surface area contributed by atoms with E-state index in [-0.39, 0.29) is 0 Å². The third-order valence-corrected chi connectivity index (χ3v) is 5.13. The third kappa shape index (κ3) is 4.54. The van der Waals surface area contributed by atoms with Gasteiger partial charge in [0.15, 0.2) is 11.6 Å². The molecule has 33 heavy (non-hydrogen) atoms. The lowest BCUT2D eigenvalue weighted by molar-refractivity contribution is 1.03. The minimum atomic E-state index is 0.347. The fourth-order valence-electron chi connectivity index (χ4n) is 3.56. The number of rotatable bonds is 7. The van der Waals surface area contributed by atoms with Crippen molar-refractivity contribution in [3.8, 4) is 22.5 Å². The number of fused-ring (bicyclic) bond motifs is 1. The Morgan fingerprint density at radius 2 is 1.58 bits per heavy atom. The first-order valence-corrected chi connectivity index (χ1v) is 10.6. The topological polar surface area (TPSA) is 115 Å². The van der Waals surface area contributed by atoms with Crippen molar-refractivity contribution in [1.82, 2.24) is 24.9 Å². The van der Waals surface area contributed by atoms with E-state index in [4.69, 9.17) is 15.7 Å². The van der Waals surface area contributed by atoms with E-state index < -0.39 is 0 Å². The zero-order valence-electron chi connectivity index (χ0n) is 17.8. The molecule has 162 valence electrons. The van der Waals surface area contributed by atoms with Crippen molar-refractivity contribution in [3.05, 3.63) is 85.5 Å². The van der Waals surface area contributed by atoms with Gasteiger partial charge in [0.1, 0.15) is 5.82 Å². The molecule has 0 aliphatic heterocycles. The molecule has 0 atom stereocenters. The predicted molar refractivity (Wildman–Crippen MR) is 132 cm³/mol. The van der Waals surface area contributed by atoms with E-state index in [0.717, 1.165) is 33.4 Å². The van der Waals surface area contributed by atoms with Crippen LogP contribution in [0.2, 0.25) is 0 Å². The molecule has 0 radical (unpaired) electrons. The Bertz CT molecular complexity index is 1370. The van der Waals surface area contributed by atoms with E-state index in [0.29, 0.717) is 30.5 Å². The number of aromatic nitrogens is 5. The maximum Gasteiger partial charge on any atom is 0.169 e. The fraction of sp³-hybridized carbons (Fsp3) is 0.0800. The SMILES string of the molecule is Nc1nc(-c2ccccc2)c(-c2ccc3ncccc3c2)nc1NCCNc1cnccn1. The zero-order valence-corrected chi connectivity index (χ0v) is 17.8. The Labute approximate surface area is 191 Å². The molecule has 5 rings (SSSR count). The smallest absolute Gasteiger partial charge is 0.169 e. The number of hydrogen-bond donors (Lipinski definition) is 3. The van der Waals surface area contributed by atoms with Gasteiger partial charge < -0.3 is 16.4 Å². The summed E-state index contributed by atoms with van der Waals surface area (Å²) in [5.74, 6) is 1.60. The maximum atomic E-state index is 6.30. The van der Waals surface area contributed by atoms with Gasteiger partial charge in [0.2, 0.25) is 0 Å². The molecule has 0 saturated carbocycles. The summed E-state index contributed by atoms with van der Waals surface area (Å²) in [5, 5.41) is 7.53. The largest absolute Gasteiger partial charge is 0.381 e. The molecule has 3 heterocycles. The number of benzene rings is 2. The number of anilines is 3. The van der Waals surface area contributed by atoms with Crippen LogP contribution in [-0.4, -0.2) is 38.0 Å². The van der Waals surface area contributed by atoms with Crippen molar-refractivity contribution < 1.29 is 0 Å². The molecule has 0 aliphatic rings. The predicted octanol–water partition coefficient (Wildman–Crippen LogP) is 4.26. The fourth-order valence-corrected chi connectivity index (χ4v) is 3.56. The molecule has 0 saturated heterocycles. The van der Waals surface area contributed by atoms with Crippen molar-refractivity contribution in [2.75, 3.05) is 29.5 Å². The summed E-state index contributed by atoms with van der Waals surface area (Å²) < 4.78 is 0. The molecular weight excluding hydrogens is 412 g/mol. The Balaban J connectivity index is 1.48. The van der Waals surface area contributed by atoms with Crippen LogP contribution in [0.3, 0.4) is 0 Å². The average molecular weight is 435 g/mol. The second-order valence-corrected chi connectivity index (χ2v) is 7.38. The molecule has 4 N–H and O–H groups in total. The zero-order chi connectivity index (χ0) is 22.5. The normalized spacial score (nSPS) is 10.8. The maximum absolute atomic E-state index is 6.30. The van der Waals surface area contributed by atoms with Gasteiger partial charge in [-0.1, -0.05) is 42.5 Å². The first-order chi connectivity index (χ1) is 16.3. The number of pyridine rings is 1. The van der Waals surface area contributed by atoms with Gasteiger partial charge in [0.25, 0.3) is 0 Å². The van der Waals surface area contributed by atoms with Crippen molar-refractivity contribution in [3.63, 3.8) is 0 Å². The molecule has 8 nitrogen and oxygen atoms in total. The van der Waals surface area contributed by atoms with Crippen LogP contribution in [0.4, 0.5) is 17.5 Å². The molecule has 2 aromatic carbocycles. The Kier molecular flexibility index (Phi) is 5.71. The monoisotopic (exact) mass is 434 g/mol. The summed E-state index contributed by atoms with van der Waals surface area (Å²) in [6.45, 7) is 1.21. The lowest BCUT2D eigenvalue weighted by Crippen LogP contribution is -2.17. The second-order valence-electron chi connectivity index (χ2n) is 7.38. The van der Waals surface area contributed by atoms with Gasteiger partial charge in [-0.25, -0.2) is 15.0 Å². The van der Waals surface area contributed by atoms with E-state index in [1.165, 1.54) is 0 Å². The standard InChI is InChI=1S/C25H22N8/c26-24-25(31-14-13-30-21-16-27-11-12-29-21)33-23(22(32-24)17-5-2-1-3-6-17)19-8-9-20-18(15-19)7-4-10-28-20/h1-12,15-16H,13-14H2,(H2,26,32)(H,29,30)(H,31,33). The quantitative estimate of drug-likeness (QED) is 0.326. The number of nitrogens with one attached hydrogen (secondary N) is 2. The van der Waals surface area contributed by atoms with E-state index in [1.54, 1.807) is 24.8 Å². The molecular formula is C25H22N8. The summed E-state index contributed by atoms with van der Waals surface area (Å²) in [5.41, 5.74) is 10.6. The van der Waals surface area contributed by atoms with Crippen LogP contribution in [0.15, 0.2) is 85.5 Å². The van der Waals surface area contributed by atoms with Crippen molar-refractivity contribution >= 4 is 28.4 Å². The van der Waals surface area contributed by atoms with Gasteiger partial charge in [-0.3, -0.25) is 9.97 Å². The molecule has 0 bridgehead atoms. The van der Waals surface area contributed by atoms with Gasteiger partial charge in [-0.05, 0) is 18.2 Å². The Morgan fingerprint density at radius 3 is 2.42 bits per heavy atom. The Morgan fingerprint density at radius 1 is 0.727 bits per heavy atom. The highest BCUT2D eigenvalue weighted by atomic mass is 15.1. The molecule has 0 amide bonds. The lowest BCUT2D eigenvalue weighted by atomic mass is 10.0. The number of hydrogen-bond acceptors (Lipinski definition) is 8. The molecule has 0 fully saturated rings. The number of nitrogen functional groups attached to an aromatic ring is 1. The number of nitrogens with two attached hydrogens (primary N) is 1. The first kappa shape index (κ1) is 20.3. The van der Waals surface area contributed by atoms with E-state index >= 15 is 0 Å². The van der Waals surface area contributed by atoms with E-state index in [1.807, 2.05) is 54.6 Å². The van der Waals surface area contributed by atoms with Crippen LogP contribution >= 0.6 is 0 Å². The van der Waals surface area contributed by atoms with Crippen LogP contribution in [-0.2, 0) is 0 Å². The highest BCUT2D eigenvalue weighted by Crippen LogP contribution is 2.33. The average Bonchev–Trinajstić information content (AvgIpc) is 2.88. The highest BCUT2D eigenvalue weighted by Gasteiger charge is 2.16. The van der Waals surface area contributed by atoms with Gasteiger partial charge in [-0.2, -0.15) is 0 Å². The number of nitrogens with zero attached hydrogens (tertiary/aromatic N) is 5. The minimum Gasteiger partial charge on any atom is -0.381 e. The van der Waals surface area contributed by atoms with Crippen LogP contribution in [0.5, 0.6) is 0 Å². The molecule has 3 aromatic heterocycles. The lowest BCUT2D eigenvalue weighted by Gasteiger charge is -2.15. The van der Waals surface area contributed by atoms with Crippen molar-refractivity contribution in [2.24, 2.45) is 0 Å². The van der Waals surface area contributed by atoms with Crippen molar-refractivity contribution in [2.45, 2.75) is 0 Å². The van der Waals surface area contributed by atoms with Crippen LogP contribution < -0.4 is 16.4 Å². The van der Waals surface area contributed by atoms with Gasteiger partial charge in [0, 0.05) is 48.2 Å². The minimum absolute atomic E-state index is 0.347. The molecule has 5 aromatic rings. The molecule has 0 aliphatic carbocycles. The third-order valence-electron chi connectivity index (χ3n) is 5.13. The molecule has 0 unspecified atom stereocenters. The first-order valence-electron chi connectivity index (χ1n) is 10.6.